The fourth-order valence-corrected chi connectivity index (χ4v) is 1.61. The van der Waals surface area contributed by atoms with Gasteiger partial charge in [0.15, 0.2) is 0 Å². The molecule has 7 heteroatoms. The minimum atomic E-state index is -1.07. The molecule has 0 aliphatic heterocycles. The molecule has 7 nitrogen and oxygen atoms in total. The number of rotatable bonds is 8. The average Bonchev–Trinajstić information content (AvgIpc) is 2.41. The monoisotopic (exact) mass is 287 g/mol. The second-order valence-corrected chi connectivity index (χ2v) is 4.72. The maximum absolute atomic E-state index is 11.8. The highest BCUT2D eigenvalue weighted by atomic mass is 16.4. The normalized spacial score (nSPS) is 13.2. The molecule has 0 heterocycles. The Hall–Kier alpha value is -1.79. The average molecular weight is 287 g/mol. The van der Waals surface area contributed by atoms with Gasteiger partial charge in [0.1, 0.15) is 12.1 Å². The molecule has 0 aliphatic carbocycles. The number of carboxylic acids is 1. The number of hydrogen-bond donors (Lipinski definition) is 3. The van der Waals surface area contributed by atoms with Gasteiger partial charge >= 0.3 is 12.0 Å². The summed E-state index contributed by atoms with van der Waals surface area (Å²) >= 11 is 0. The number of hydrogen-bond acceptors (Lipinski definition) is 3. The lowest BCUT2D eigenvalue weighted by molar-refractivity contribution is -0.139. The zero-order chi connectivity index (χ0) is 15.7. The SMILES string of the molecule is CCCC[C@H](NC(=O)NC(C)C(=O)N(C)CC)C(=O)O. The largest absolute Gasteiger partial charge is 0.480 e. The van der Waals surface area contributed by atoms with Crippen LogP contribution in [-0.4, -0.2) is 53.6 Å². The molecular weight excluding hydrogens is 262 g/mol. The van der Waals surface area contributed by atoms with E-state index in [1.807, 2.05) is 13.8 Å². The van der Waals surface area contributed by atoms with E-state index in [9.17, 15) is 14.4 Å². The summed E-state index contributed by atoms with van der Waals surface area (Å²) < 4.78 is 0. The molecule has 0 fully saturated rings. The predicted octanol–water partition coefficient (Wildman–Crippen LogP) is 0.796. The third-order valence-electron chi connectivity index (χ3n) is 3.02. The van der Waals surface area contributed by atoms with Crippen LogP contribution >= 0.6 is 0 Å². The molecule has 0 bridgehead atoms. The fourth-order valence-electron chi connectivity index (χ4n) is 1.61. The van der Waals surface area contributed by atoms with Gasteiger partial charge in [-0.25, -0.2) is 9.59 Å². The number of unbranched alkanes of at least 4 members (excludes halogenated alkanes) is 1. The number of aliphatic carboxylic acids is 1. The van der Waals surface area contributed by atoms with Crippen molar-refractivity contribution in [2.75, 3.05) is 13.6 Å². The van der Waals surface area contributed by atoms with E-state index >= 15 is 0 Å². The summed E-state index contributed by atoms with van der Waals surface area (Å²) in [6.07, 6.45) is 1.93. The van der Waals surface area contributed by atoms with Crippen LogP contribution in [0.5, 0.6) is 0 Å². The molecule has 3 N–H and O–H groups in total. The third kappa shape index (κ3) is 6.40. The summed E-state index contributed by atoms with van der Waals surface area (Å²) in [5.41, 5.74) is 0. The van der Waals surface area contributed by atoms with Crippen LogP contribution in [0.4, 0.5) is 4.79 Å². The van der Waals surface area contributed by atoms with Gasteiger partial charge in [-0.15, -0.1) is 0 Å². The first-order valence-corrected chi connectivity index (χ1v) is 6.88. The Morgan fingerprint density at radius 3 is 2.25 bits per heavy atom. The lowest BCUT2D eigenvalue weighted by Crippen LogP contribution is -2.52. The molecule has 0 spiro atoms. The minimum Gasteiger partial charge on any atom is -0.480 e. The van der Waals surface area contributed by atoms with E-state index in [-0.39, 0.29) is 5.91 Å². The van der Waals surface area contributed by atoms with Gasteiger partial charge in [-0.05, 0) is 20.3 Å². The highest BCUT2D eigenvalue weighted by Crippen LogP contribution is 2.01. The van der Waals surface area contributed by atoms with Gasteiger partial charge in [-0.3, -0.25) is 4.79 Å². The van der Waals surface area contributed by atoms with Crippen molar-refractivity contribution in [1.82, 2.24) is 15.5 Å². The Morgan fingerprint density at radius 1 is 1.20 bits per heavy atom. The van der Waals surface area contributed by atoms with Crippen LogP contribution in [0.3, 0.4) is 0 Å². The Kier molecular flexibility index (Phi) is 8.35. The van der Waals surface area contributed by atoms with Crippen LogP contribution in [-0.2, 0) is 9.59 Å². The summed E-state index contributed by atoms with van der Waals surface area (Å²) in [6, 6.07) is -2.26. The zero-order valence-electron chi connectivity index (χ0n) is 12.6. The number of nitrogens with one attached hydrogen (secondary N) is 2. The smallest absolute Gasteiger partial charge is 0.326 e. The second-order valence-electron chi connectivity index (χ2n) is 4.72. The molecule has 0 radical (unpaired) electrons. The maximum Gasteiger partial charge on any atom is 0.326 e. The van der Waals surface area contributed by atoms with Gasteiger partial charge in [-0.1, -0.05) is 19.8 Å². The molecule has 0 aromatic carbocycles. The van der Waals surface area contributed by atoms with Crippen LogP contribution < -0.4 is 10.6 Å². The number of likely N-dealkylation sites (N-methyl/N-ethyl adjacent to an activating group) is 1. The molecule has 1 unspecified atom stereocenters. The van der Waals surface area contributed by atoms with Crippen molar-refractivity contribution in [1.29, 1.82) is 0 Å². The van der Waals surface area contributed by atoms with Crippen LogP contribution in [0, 0.1) is 0 Å². The van der Waals surface area contributed by atoms with E-state index in [4.69, 9.17) is 5.11 Å². The van der Waals surface area contributed by atoms with Gasteiger partial charge in [0.2, 0.25) is 5.91 Å². The molecule has 116 valence electrons. The fraction of sp³-hybridized carbons (Fsp3) is 0.769. The van der Waals surface area contributed by atoms with Crippen molar-refractivity contribution >= 4 is 17.9 Å². The number of carboxylic acid groups (broad SMARTS) is 1. The Bertz CT molecular complexity index is 347. The molecule has 0 aliphatic rings. The molecule has 20 heavy (non-hydrogen) atoms. The van der Waals surface area contributed by atoms with Crippen LogP contribution in [0.25, 0.3) is 0 Å². The molecule has 3 amide bonds. The Morgan fingerprint density at radius 2 is 1.80 bits per heavy atom. The number of amides is 3. The Balaban J connectivity index is 4.38. The van der Waals surface area contributed by atoms with Crippen molar-refractivity contribution in [3.8, 4) is 0 Å². The lowest BCUT2D eigenvalue weighted by Gasteiger charge is -2.22. The summed E-state index contributed by atoms with van der Waals surface area (Å²) in [5.74, 6) is -1.29. The quantitative estimate of drug-likeness (QED) is 0.615. The highest BCUT2D eigenvalue weighted by Gasteiger charge is 2.22. The molecular formula is C13H25N3O4. The lowest BCUT2D eigenvalue weighted by atomic mass is 10.1. The van der Waals surface area contributed by atoms with Crippen molar-refractivity contribution < 1.29 is 19.5 Å². The number of nitrogens with zero attached hydrogens (tertiary/aromatic N) is 1. The molecule has 0 aromatic rings. The van der Waals surface area contributed by atoms with E-state index in [0.29, 0.717) is 19.4 Å². The van der Waals surface area contributed by atoms with Gasteiger partial charge in [0, 0.05) is 13.6 Å². The van der Waals surface area contributed by atoms with Gasteiger partial charge in [-0.2, -0.15) is 0 Å². The number of urea groups is 1. The highest BCUT2D eigenvalue weighted by molar-refractivity contribution is 5.88. The standard InChI is InChI=1S/C13H25N3O4/c1-5-7-8-10(12(18)19)15-13(20)14-9(3)11(17)16(4)6-2/h9-10H,5-8H2,1-4H3,(H,18,19)(H2,14,15,20)/t9?,10-/m0/s1. The predicted molar refractivity (Wildman–Crippen MR) is 75.4 cm³/mol. The van der Waals surface area contributed by atoms with E-state index in [0.717, 1.165) is 6.42 Å². The number of carbonyl (C=O) groups excluding carboxylic acids is 2. The van der Waals surface area contributed by atoms with E-state index in [1.165, 1.54) is 4.90 Å². The van der Waals surface area contributed by atoms with Gasteiger partial charge in [0.05, 0.1) is 0 Å². The summed E-state index contributed by atoms with van der Waals surface area (Å²) in [4.78, 5) is 35.9. The topological polar surface area (TPSA) is 98.7 Å². The number of carbonyl (C=O) groups is 3. The zero-order valence-corrected chi connectivity index (χ0v) is 12.6. The molecule has 0 saturated carbocycles. The first kappa shape index (κ1) is 18.2. The van der Waals surface area contributed by atoms with Crippen LogP contribution in [0.2, 0.25) is 0 Å². The van der Waals surface area contributed by atoms with Crippen LogP contribution in [0.1, 0.15) is 40.0 Å². The Labute approximate surface area is 119 Å². The van der Waals surface area contributed by atoms with E-state index in [2.05, 4.69) is 10.6 Å². The summed E-state index contributed by atoms with van der Waals surface area (Å²) in [7, 11) is 1.64. The first-order valence-electron chi connectivity index (χ1n) is 6.88. The molecule has 2 atom stereocenters. The van der Waals surface area contributed by atoms with Crippen molar-refractivity contribution in [3.63, 3.8) is 0 Å². The van der Waals surface area contributed by atoms with E-state index in [1.54, 1.807) is 14.0 Å². The third-order valence-corrected chi connectivity index (χ3v) is 3.02. The van der Waals surface area contributed by atoms with Crippen molar-refractivity contribution in [2.24, 2.45) is 0 Å². The summed E-state index contributed by atoms with van der Waals surface area (Å²) in [6.45, 7) is 5.88. The molecule has 0 rings (SSSR count). The van der Waals surface area contributed by atoms with Crippen LogP contribution in [0.15, 0.2) is 0 Å². The second kappa shape index (κ2) is 9.17. The van der Waals surface area contributed by atoms with E-state index < -0.39 is 24.1 Å². The minimum absolute atomic E-state index is 0.219. The maximum atomic E-state index is 11.8. The van der Waals surface area contributed by atoms with Gasteiger partial charge < -0.3 is 20.6 Å². The summed E-state index contributed by atoms with van der Waals surface area (Å²) in [5, 5.41) is 13.8. The van der Waals surface area contributed by atoms with Gasteiger partial charge in [0.25, 0.3) is 0 Å². The first-order chi connectivity index (χ1) is 9.33. The van der Waals surface area contributed by atoms with Crippen molar-refractivity contribution in [2.45, 2.75) is 52.1 Å². The van der Waals surface area contributed by atoms with Crippen molar-refractivity contribution in [3.05, 3.63) is 0 Å². The molecule has 0 aromatic heterocycles. The molecule has 0 saturated heterocycles.